The fourth-order valence-electron chi connectivity index (χ4n) is 2.37. The van der Waals surface area contributed by atoms with Crippen molar-refractivity contribution in [3.8, 4) is 11.5 Å². The summed E-state index contributed by atoms with van der Waals surface area (Å²) in [4.78, 5) is 0. The summed E-state index contributed by atoms with van der Waals surface area (Å²) in [7, 11) is 0. The third-order valence-corrected chi connectivity index (χ3v) is 4.14. The molecular weight excluding hydrogens is 385 g/mol. The maximum absolute atomic E-state index is 13.0. The number of hydrogen-bond acceptors (Lipinski definition) is 3. The molecule has 0 atom stereocenters. The summed E-state index contributed by atoms with van der Waals surface area (Å²) in [6.45, 7) is 8.95. The van der Waals surface area contributed by atoms with E-state index in [1.165, 1.54) is 12.1 Å². The first-order chi connectivity index (χ1) is 12.0. The molecule has 0 aliphatic rings. The average Bonchev–Trinajstić information content (AvgIpc) is 2.55. The molecule has 0 aromatic heterocycles. The van der Waals surface area contributed by atoms with Gasteiger partial charge >= 0.3 is 0 Å². The van der Waals surface area contributed by atoms with Crippen LogP contribution in [-0.4, -0.2) is 13.2 Å². The number of benzene rings is 2. The topological polar surface area (TPSA) is 30.5 Å². The van der Waals surface area contributed by atoms with Gasteiger partial charge in [-0.05, 0) is 70.7 Å². The molecule has 0 bridgehead atoms. The van der Waals surface area contributed by atoms with Gasteiger partial charge in [-0.25, -0.2) is 4.39 Å². The fraction of sp³-hybridized carbons (Fsp3) is 0.400. The number of halogens is 2. The Morgan fingerprint density at radius 2 is 1.80 bits per heavy atom. The van der Waals surface area contributed by atoms with Gasteiger partial charge in [0.05, 0.1) is 11.1 Å². The van der Waals surface area contributed by atoms with Crippen LogP contribution >= 0.6 is 15.9 Å². The van der Waals surface area contributed by atoms with Crippen LogP contribution in [0.3, 0.4) is 0 Å². The smallest absolute Gasteiger partial charge is 0.175 e. The predicted octanol–water partition coefficient (Wildman–Crippen LogP) is 5.31. The molecule has 0 radical (unpaired) electrons. The van der Waals surface area contributed by atoms with Crippen LogP contribution in [0.4, 0.5) is 4.39 Å². The molecule has 2 aromatic rings. The molecule has 136 valence electrons. The molecule has 3 nitrogen and oxygen atoms in total. The van der Waals surface area contributed by atoms with E-state index in [2.05, 4.69) is 35.1 Å². The van der Waals surface area contributed by atoms with E-state index >= 15 is 0 Å². The third-order valence-electron chi connectivity index (χ3n) is 3.55. The van der Waals surface area contributed by atoms with Crippen molar-refractivity contribution in [3.63, 3.8) is 0 Å². The minimum atomic E-state index is -0.252. The maximum Gasteiger partial charge on any atom is 0.175 e. The molecule has 25 heavy (non-hydrogen) atoms. The Bertz CT molecular complexity index is 674. The van der Waals surface area contributed by atoms with Crippen molar-refractivity contribution in [2.75, 3.05) is 13.2 Å². The van der Waals surface area contributed by atoms with Crippen LogP contribution in [-0.2, 0) is 13.2 Å². The van der Waals surface area contributed by atoms with Crippen molar-refractivity contribution in [2.24, 2.45) is 5.92 Å². The molecule has 0 saturated heterocycles. The Balaban J connectivity index is 2.11. The van der Waals surface area contributed by atoms with Gasteiger partial charge in [-0.15, -0.1) is 0 Å². The Kier molecular flexibility index (Phi) is 7.72. The first-order valence-electron chi connectivity index (χ1n) is 8.52. The number of nitrogens with one attached hydrogen (secondary N) is 1. The van der Waals surface area contributed by atoms with Gasteiger partial charge in [0.25, 0.3) is 0 Å². The van der Waals surface area contributed by atoms with Crippen LogP contribution in [0.1, 0.15) is 31.9 Å². The van der Waals surface area contributed by atoms with Crippen molar-refractivity contribution in [1.29, 1.82) is 0 Å². The first-order valence-corrected chi connectivity index (χ1v) is 9.32. The standard InChI is InChI=1S/C20H25BrFNO2/c1-4-24-19-10-16(12-23-11-14(2)3)9-18(21)20(19)25-13-15-5-7-17(22)8-6-15/h5-10,14,23H,4,11-13H2,1-3H3. The van der Waals surface area contributed by atoms with E-state index in [1.54, 1.807) is 12.1 Å². The second-order valence-electron chi connectivity index (χ2n) is 6.28. The van der Waals surface area contributed by atoms with E-state index in [1.807, 2.05) is 19.1 Å². The molecule has 0 spiro atoms. The van der Waals surface area contributed by atoms with E-state index < -0.39 is 0 Å². The quantitative estimate of drug-likeness (QED) is 0.608. The van der Waals surface area contributed by atoms with Gasteiger partial charge in [-0.2, -0.15) is 0 Å². The van der Waals surface area contributed by atoms with E-state index in [0.717, 1.165) is 28.7 Å². The van der Waals surface area contributed by atoms with Crippen LogP contribution in [0.5, 0.6) is 11.5 Å². The Morgan fingerprint density at radius 3 is 2.44 bits per heavy atom. The molecular formula is C20H25BrFNO2. The van der Waals surface area contributed by atoms with Gasteiger partial charge in [-0.1, -0.05) is 26.0 Å². The Labute approximate surface area is 157 Å². The second-order valence-corrected chi connectivity index (χ2v) is 7.13. The largest absolute Gasteiger partial charge is 0.490 e. The predicted molar refractivity (Wildman–Crippen MR) is 103 cm³/mol. The summed E-state index contributed by atoms with van der Waals surface area (Å²) in [6.07, 6.45) is 0. The lowest BCUT2D eigenvalue weighted by atomic mass is 10.1. The summed E-state index contributed by atoms with van der Waals surface area (Å²) < 4.78 is 25.5. The van der Waals surface area contributed by atoms with E-state index in [4.69, 9.17) is 9.47 Å². The van der Waals surface area contributed by atoms with Gasteiger partial charge in [0.2, 0.25) is 0 Å². The second kappa shape index (κ2) is 9.78. The zero-order chi connectivity index (χ0) is 18.2. The van der Waals surface area contributed by atoms with Crippen LogP contribution in [0.25, 0.3) is 0 Å². The van der Waals surface area contributed by atoms with Crippen LogP contribution in [0.15, 0.2) is 40.9 Å². The monoisotopic (exact) mass is 409 g/mol. The summed E-state index contributed by atoms with van der Waals surface area (Å²) in [5.41, 5.74) is 2.03. The molecule has 0 unspecified atom stereocenters. The highest BCUT2D eigenvalue weighted by atomic mass is 79.9. The van der Waals surface area contributed by atoms with Crippen molar-refractivity contribution >= 4 is 15.9 Å². The molecule has 0 heterocycles. The summed E-state index contributed by atoms with van der Waals surface area (Å²) in [5.74, 6) is 1.73. The molecule has 2 aromatic carbocycles. The van der Waals surface area contributed by atoms with Gasteiger partial charge in [0.1, 0.15) is 12.4 Å². The lowest BCUT2D eigenvalue weighted by Gasteiger charge is -2.16. The van der Waals surface area contributed by atoms with Crippen LogP contribution in [0, 0.1) is 11.7 Å². The van der Waals surface area contributed by atoms with E-state index in [0.29, 0.717) is 30.6 Å². The fourth-order valence-corrected chi connectivity index (χ4v) is 2.97. The number of ether oxygens (including phenoxy) is 2. The van der Waals surface area contributed by atoms with Crippen molar-refractivity contribution < 1.29 is 13.9 Å². The van der Waals surface area contributed by atoms with Crippen molar-refractivity contribution in [3.05, 3.63) is 57.8 Å². The normalized spacial score (nSPS) is 11.0. The highest BCUT2D eigenvalue weighted by Gasteiger charge is 2.13. The Morgan fingerprint density at radius 1 is 1.08 bits per heavy atom. The molecule has 2 rings (SSSR count). The van der Waals surface area contributed by atoms with E-state index in [9.17, 15) is 4.39 Å². The van der Waals surface area contributed by atoms with Crippen LogP contribution in [0.2, 0.25) is 0 Å². The first kappa shape index (κ1) is 19.7. The third kappa shape index (κ3) is 6.33. The molecule has 1 N–H and O–H groups in total. The van der Waals surface area contributed by atoms with Crippen LogP contribution < -0.4 is 14.8 Å². The molecule has 0 aliphatic carbocycles. The van der Waals surface area contributed by atoms with Crippen molar-refractivity contribution in [1.82, 2.24) is 5.32 Å². The molecule has 0 saturated carbocycles. The number of rotatable bonds is 9. The average molecular weight is 410 g/mol. The van der Waals surface area contributed by atoms with Gasteiger partial charge < -0.3 is 14.8 Å². The molecule has 0 fully saturated rings. The lowest BCUT2D eigenvalue weighted by molar-refractivity contribution is 0.267. The minimum absolute atomic E-state index is 0.252. The summed E-state index contributed by atoms with van der Waals surface area (Å²) >= 11 is 3.58. The minimum Gasteiger partial charge on any atom is -0.490 e. The zero-order valence-electron chi connectivity index (χ0n) is 14.9. The van der Waals surface area contributed by atoms with Gasteiger partial charge in [0, 0.05) is 6.54 Å². The van der Waals surface area contributed by atoms with E-state index in [-0.39, 0.29) is 5.82 Å². The highest BCUT2D eigenvalue weighted by Crippen LogP contribution is 2.37. The summed E-state index contributed by atoms with van der Waals surface area (Å²) in [5, 5.41) is 3.43. The van der Waals surface area contributed by atoms with Gasteiger partial charge in [-0.3, -0.25) is 0 Å². The lowest BCUT2D eigenvalue weighted by Crippen LogP contribution is -2.19. The van der Waals surface area contributed by atoms with Crippen molar-refractivity contribution in [2.45, 2.75) is 33.9 Å². The molecule has 0 amide bonds. The Hall–Kier alpha value is -1.59. The highest BCUT2D eigenvalue weighted by molar-refractivity contribution is 9.10. The SMILES string of the molecule is CCOc1cc(CNCC(C)C)cc(Br)c1OCc1ccc(F)cc1. The molecule has 0 aliphatic heterocycles. The zero-order valence-corrected chi connectivity index (χ0v) is 16.5. The number of hydrogen-bond donors (Lipinski definition) is 1. The summed E-state index contributed by atoms with van der Waals surface area (Å²) in [6, 6.07) is 10.3. The van der Waals surface area contributed by atoms with Gasteiger partial charge in [0.15, 0.2) is 11.5 Å². The maximum atomic E-state index is 13.0. The molecule has 5 heteroatoms.